The summed E-state index contributed by atoms with van der Waals surface area (Å²) in [4.78, 5) is 30.3. The van der Waals surface area contributed by atoms with Crippen LogP contribution >= 0.6 is 0 Å². The van der Waals surface area contributed by atoms with Gasteiger partial charge in [-0.15, -0.1) is 0 Å². The van der Waals surface area contributed by atoms with Crippen molar-refractivity contribution in [3.05, 3.63) is 59.7 Å². The topological polar surface area (TPSA) is 98.1 Å². The van der Waals surface area contributed by atoms with E-state index >= 15 is 0 Å². The summed E-state index contributed by atoms with van der Waals surface area (Å²) in [5.41, 5.74) is 1.41. The van der Waals surface area contributed by atoms with E-state index in [1.807, 2.05) is 30.3 Å². The van der Waals surface area contributed by atoms with E-state index in [0.717, 1.165) is 5.56 Å². The number of carbonyl (C=O) groups excluding carboxylic acids is 2. The number of rotatable bonds is 5. The fourth-order valence-corrected chi connectivity index (χ4v) is 2.09. The molecular formula is C17H15N3O4. The number of H-pyrrole nitrogens is 1. The van der Waals surface area contributed by atoms with Gasteiger partial charge in [-0.1, -0.05) is 35.5 Å². The highest BCUT2D eigenvalue weighted by atomic mass is 16.6. The third-order valence-electron chi connectivity index (χ3n) is 3.41. The van der Waals surface area contributed by atoms with Crippen molar-refractivity contribution in [3.8, 4) is 11.4 Å². The summed E-state index contributed by atoms with van der Waals surface area (Å²) in [6.45, 7) is 3.06. The Morgan fingerprint density at radius 3 is 2.67 bits per heavy atom. The van der Waals surface area contributed by atoms with Crippen molar-refractivity contribution in [2.75, 3.05) is 0 Å². The summed E-state index contributed by atoms with van der Waals surface area (Å²) in [7, 11) is 0. The van der Waals surface area contributed by atoms with Gasteiger partial charge < -0.3 is 14.2 Å². The average Bonchev–Trinajstić information content (AvgIpc) is 3.25. The van der Waals surface area contributed by atoms with Crippen molar-refractivity contribution in [1.82, 2.24) is 15.1 Å². The standard InChI is InChI=1S/C17H15N3O4/c1-10(21)13-8-14(18-9-13)17(22)23-11(2)16-19-15(20-24-16)12-6-4-3-5-7-12/h3-9,11,18H,1-2H3/t11-/m0/s1. The molecule has 24 heavy (non-hydrogen) atoms. The normalized spacial score (nSPS) is 11.9. The second-order valence-electron chi connectivity index (χ2n) is 5.23. The first kappa shape index (κ1) is 15.7. The van der Waals surface area contributed by atoms with Crippen LogP contribution in [0.5, 0.6) is 0 Å². The van der Waals surface area contributed by atoms with Gasteiger partial charge in [0.15, 0.2) is 11.9 Å². The van der Waals surface area contributed by atoms with Gasteiger partial charge in [0.1, 0.15) is 5.69 Å². The van der Waals surface area contributed by atoms with Crippen molar-refractivity contribution < 1.29 is 18.8 Å². The molecule has 0 amide bonds. The molecule has 1 N–H and O–H groups in total. The molecule has 1 atom stereocenters. The predicted molar refractivity (Wildman–Crippen MR) is 84.4 cm³/mol. The van der Waals surface area contributed by atoms with Gasteiger partial charge in [0.05, 0.1) is 0 Å². The predicted octanol–water partition coefficient (Wildman–Crippen LogP) is 3.19. The van der Waals surface area contributed by atoms with Gasteiger partial charge in [-0.3, -0.25) is 4.79 Å². The first-order valence-electron chi connectivity index (χ1n) is 7.34. The lowest BCUT2D eigenvalue weighted by Gasteiger charge is -2.07. The number of aromatic nitrogens is 3. The van der Waals surface area contributed by atoms with Crippen molar-refractivity contribution >= 4 is 11.8 Å². The van der Waals surface area contributed by atoms with Crippen molar-refractivity contribution in [1.29, 1.82) is 0 Å². The minimum Gasteiger partial charge on any atom is -0.448 e. The minimum atomic E-state index is -0.716. The van der Waals surface area contributed by atoms with E-state index in [4.69, 9.17) is 9.26 Å². The summed E-state index contributed by atoms with van der Waals surface area (Å²) >= 11 is 0. The number of esters is 1. The Kier molecular flexibility index (Phi) is 4.24. The van der Waals surface area contributed by atoms with Crippen LogP contribution in [-0.2, 0) is 4.74 Å². The number of hydrogen-bond donors (Lipinski definition) is 1. The lowest BCUT2D eigenvalue weighted by Crippen LogP contribution is -2.10. The lowest BCUT2D eigenvalue weighted by molar-refractivity contribution is 0.0259. The minimum absolute atomic E-state index is 0.136. The molecule has 2 aromatic heterocycles. The zero-order chi connectivity index (χ0) is 17.1. The van der Waals surface area contributed by atoms with Crippen molar-refractivity contribution in [2.45, 2.75) is 20.0 Å². The largest absolute Gasteiger partial charge is 0.448 e. The summed E-state index contributed by atoms with van der Waals surface area (Å²) in [6.07, 6.45) is 0.746. The number of Topliss-reactive ketones (excluding diaryl/α,β-unsaturated/α-hetero) is 1. The summed E-state index contributed by atoms with van der Waals surface area (Å²) < 4.78 is 10.4. The molecule has 0 aliphatic rings. The van der Waals surface area contributed by atoms with E-state index in [9.17, 15) is 9.59 Å². The first-order valence-corrected chi connectivity index (χ1v) is 7.34. The van der Waals surface area contributed by atoms with Crippen LogP contribution in [0, 0.1) is 0 Å². The van der Waals surface area contributed by atoms with Crippen LogP contribution < -0.4 is 0 Å². The Morgan fingerprint density at radius 2 is 2.00 bits per heavy atom. The molecule has 2 heterocycles. The SMILES string of the molecule is CC(=O)c1c[nH]c(C(=O)O[C@@H](C)c2nc(-c3ccccc3)no2)c1. The molecule has 0 saturated heterocycles. The smallest absolute Gasteiger partial charge is 0.355 e. The average molecular weight is 325 g/mol. The van der Waals surface area contributed by atoms with E-state index in [1.165, 1.54) is 19.2 Å². The Hall–Kier alpha value is -3.22. The Balaban J connectivity index is 1.70. The zero-order valence-corrected chi connectivity index (χ0v) is 13.1. The van der Waals surface area contributed by atoms with Gasteiger partial charge in [0.2, 0.25) is 5.82 Å². The fourth-order valence-electron chi connectivity index (χ4n) is 2.09. The molecule has 3 aromatic rings. The van der Waals surface area contributed by atoms with Crippen LogP contribution in [0.25, 0.3) is 11.4 Å². The van der Waals surface area contributed by atoms with Gasteiger partial charge in [-0.05, 0) is 19.9 Å². The van der Waals surface area contributed by atoms with E-state index < -0.39 is 12.1 Å². The zero-order valence-electron chi connectivity index (χ0n) is 13.1. The lowest BCUT2D eigenvalue weighted by atomic mass is 10.2. The Bertz CT molecular complexity index is 867. The van der Waals surface area contributed by atoms with Crippen molar-refractivity contribution in [2.24, 2.45) is 0 Å². The van der Waals surface area contributed by atoms with Gasteiger partial charge in [0.25, 0.3) is 5.89 Å². The Morgan fingerprint density at radius 1 is 1.25 bits per heavy atom. The number of aromatic amines is 1. The number of nitrogens with zero attached hydrogens (tertiary/aromatic N) is 2. The van der Waals surface area contributed by atoms with E-state index in [0.29, 0.717) is 11.4 Å². The highest BCUT2D eigenvalue weighted by Crippen LogP contribution is 2.21. The number of carbonyl (C=O) groups is 2. The molecule has 0 unspecified atom stereocenters. The molecule has 3 rings (SSSR count). The van der Waals surface area contributed by atoms with E-state index in [2.05, 4.69) is 15.1 Å². The number of ether oxygens (including phenoxy) is 1. The second kappa shape index (κ2) is 6.49. The van der Waals surface area contributed by atoms with Crippen LogP contribution in [0.4, 0.5) is 0 Å². The van der Waals surface area contributed by atoms with Crippen LogP contribution in [0.1, 0.15) is 46.7 Å². The molecule has 7 heteroatoms. The third-order valence-corrected chi connectivity index (χ3v) is 3.41. The second-order valence-corrected chi connectivity index (χ2v) is 5.23. The molecule has 0 bridgehead atoms. The quantitative estimate of drug-likeness (QED) is 0.571. The first-order chi connectivity index (χ1) is 11.5. The van der Waals surface area contributed by atoms with Crippen LogP contribution in [0.15, 0.2) is 47.1 Å². The van der Waals surface area contributed by atoms with E-state index in [1.54, 1.807) is 6.92 Å². The molecule has 0 spiro atoms. The third kappa shape index (κ3) is 3.24. The van der Waals surface area contributed by atoms with Gasteiger partial charge in [-0.2, -0.15) is 4.98 Å². The van der Waals surface area contributed by atoms with Gasteiger partial charge >= 0.3 is 5.97 Å². The molecule has 122 valence electrons. The highest BCUT2D eigenvalue weighted by molar-refractivity contribution is 5.97. The summed E-state index contributed by atoms with van der Waals surface area (Å²) in [6, 6.07) is 10.8. The Labute approximate surface area is 137 Å². The van der Waals surface area contributed by atoms with Gasteiger partial charge in [-0.25, -0.2) is 4.79 Å². The molecule has 0 aliphatic heterocycles. The monoisotopic (exact) mass is 325 g/mol. The summed E-state index contributed by atoms with van der Waals surface area (Å²) in [5, 5.41) is 3.88. The maximum atomic E-state index is 12.1. The molecule has 0 radical (unpaired) electrons. The maximum Gasteiger partial charge on any atom is 0.355 e. The molecule has 0 aliphatic carbocycles. The van der Waals surface area contributed by atoms with Crippen LogP contribution in [0.2, 0.25) is 0 Å². The molecule has 7 nitrogen and oxygen atoms in total. The van der Waals surface area contributed by atoms with Gasteiger partial charge in [0, 0.05) is 17.3 Å². The molecule has 0 fully saturated rings. The van der Waals surface area contributed by atoms with Crippen LogP contribution in [0.3, 0.4) is 0 Å². The van der Waals surface area contributed by atoms with E-state index in [-0.39, 0.29) is 17.4 Å². The number of benzene rings is 1. The fraction of sp³-hybridized carbons (Fsp3) is 0.176. The van der Waals surface area contributed by atoms with Crippen molar-refractivity contribution in [3.63, 3.8) is 0 Å². The number of ketones is 1. The number of nitrogens with one attached hydrogen (secondary N) is 1. The van der Waals surface area contributed by atoms with Crippen LogP contribution in [-0.4, -0.2) is 26.9 Å². The maximum absolute atomic E-state index is 12.1. The summed E-state index contributed by atoms with van der Waals surface area (Å²) in [5.74, 6) is -0.120. The molecular weight excluding hydrogens is 310 g/mol. The number of hydrogen-bond acceptors (Lipinski definition) is 6. The highest BCUT2D eigenvalue weighted by Gasteiger charge is 2.21. The molecule has 1 aromatic carbocycles. The molecule has 0 saturated carbocycles.